The second-order valence-corrected chi connectivity index (χ2v) is 5.61. The Kier molecular flexibility index (Phi) is 3.20. The molecule has 0 amide bonds. The van der Waals surface area contributed by atoms with Crippen molar-refractivity contribution in [2.45, 2.75) is 27.3 Å². The molecule has 21 heavy (non-hydrogen) atoms. The van der Waals surface area contributed by atoms with Gasteiger partial charge in [-0.1, -0.05) is 12.1 Å². The van der Waals surface area contributed by atoms with Crippen molar-refractivity contribution in [3.05, 3.63) is 58.0 Å². The van der Waals surface area contributed by atoms with Gasteiger partial charge in [0.15, 0.2) is 0 Å². The van der Waals surface area contributed by atoms with Crippen molar-refractivity contribution in [3.63, 3.8) is 0 Å². The Balaban J connectivity index is 2.35. The summed E-state index contributed by atoms with van der Waals surface area (Å²) < 4.78 is 3.97. The van der Waals surface area contributed by atoms with E-state index in [0.29, 0.717) is 0 Å². The number of aromatic nitrogens is 2. The van der Waals surface area contributed by atoms with E-state index in [1.807, 2.05) is 26.2 Å². The van der Waals surface area contributed by atoms with E-state index in [4.69, 9.17) is 0 Å². The number of hydrogen-bond donors (Lipinski definition) is 0. The standard InChI is InChI=1S/C18H20N2O/c1-5-20-16-8-6-7-12(2)15(16)10-17(20)14-9-13(3)18(21)19(4)11-14/h6-11H,5H2,1-4H3. The predicted octanol–water partition coefficient (Wildman–Crippen LogP) is 3.64. The van der Waals surface area contributed by atoms with Gasteiger partial charge in [0.2, 0.25) is 0 Å². The van der Waals surface area contributed by atoms with Crippen LogP contribution in [0.5, 0.6) is 0 Å². The molecule has 0 bridgehead atoms. The van der Waals surface area contributed by atoms with Crippen LogP contribution in [-0.4, -0.2) is 9.13 Å². The lowest BCUT2D eigenvalue weighted by atomic mass is 10.1. The molecule has 3 nitrogen and oxygen atoms in total. The molecular formula is C18H20N2O. The SMILES string of the molecule is CCn1c(-c2cc(C)c(=O)n(C)c2)cc2c(C)cccc21. The van der Waals surface area contributed by atoms with E-state index in [0.717, 1.165) is 17.7 Å². The van der Waals surface area contributed by atoms with Gasteiger partial charge in [0.25, 0.3) is 5.56 Å². The van der Waals surface area contributed by atoms with E-state index in [9.17, 15) is 4.79 Å². The smallest absolute Gasteiger partial charge is 0.253 e. The van der Waals surface area contributed by atoms with Gasteiger partial charge < -0.3 is 9.13 Å². The fourth-order valence-electron chi connectivity index (χ4n) is 3.03. The van der Waals surface area contributed by atoms with E-state index in [-0.39, 0.29) is 5.56 Å². The van der Waals surface area contributed by atoms with Crippen LogP contribution < -0.4 is 5.56 Å². The summed E-state index contributed by atoms with van der Waals surface area (Å²) in [5.74, 6) is 0. The van der Waals surface area contributed by atoms with Gasteiger partial charge >= 0.3 is 0 Å². The lowest BCUT2D eigenvalue weighted by Gasteiger charge is -2.10. The molecule has 0 aliphatic carbocycles. The molecule has 0 aliphatic rings. The van der Waals surface area contributed by atoms with Crippen LogP contribution in [-0.2, 0) is 13.6 Å². The summed E-state index contributed by atoms with van der Waals surface area (Å²) in [5.41, 5.74) is 5.63. The summed E-state index contributed by atoms with van der Waals surface area (Å²) in [6.07, 6.45) is 1.92. The van der Waals surface area contributed by atoms with Crippen LogP contribution in [0, 0.1) is 13.8 Å². The van der Waals surface area contributed by atoms with Crippen molar-refractivity contribution in [1.82, 2.24) is 9.13 Å². The van der Waals surface area contributed by atoms with Crippen LogP contribution in [0.2, 0.25) is 0 Å². The van der Waals surface area contributed by atoms with Gasteiger partial charge in [0.05, 0.1) is 5.69 Å². The monoisotopic (exact) mass is 280 g/mol. The van der Waals surface area contributed by atoms with Gasteiger partial charge in [-0.25, -0.2) is 0 Å². The summed E-state index contributed by atoms with van der Waals surface area (Å²) in [6.45, 7) is 7.07. The minimum atomic E-state index is 0.0640. The summed E-state index contributed by atoms with van der Waals surface area (Å²) >= 11 is 0. The highest BCUT2D eigenvalue weighted by atomic mass is 16.1. The average Bonchev–Trinajstić information content (AvgIpc) is 2.84. The highest BCUT2D eigenvalue weighted by Crippen LogP contribution is 2.29. The van der Waals surface area contributed by atoms with Crippen LogP contribution in [0.25, 0.3) is 22.2 Å². The van der Waals surface area contributed by atoms with Crippen molar-refractivity contribution in [2.24, 2.45) is 7.05 Å². The van der Waals surface area contributed by atoms with Crippen molar-refractivity contribution < 1.29 is 0 Å². The van der Waals surface area contributed by atoms with Crippen molar-refractivity contribution >= 4 is 10.9 Å². The number of nitrogens with zero attached hydrogens (tertiary/aromatic N) is 2. The normalized spacial score (nSPS) is 11.2. The largest absolute Gasteiger partial charge is 0.341 e. The van der Waals surface area contributed by atoms with Gasteiger partial charge in [-0.15, -0.1) is 0 Å². The van der Waals surface area contributed by atoms with Crippen LogP contribution >= 0.6 is 0 Å². The van der Waals surface area contributed by atoms with Gasteiger partial charge in [-0.3, -0.25) is 4.79 Å². The number of benzene rings is 1. The van der Waals surface area contributed by atoms with Crippen LogP contribution in [0.1, 0.15) is 18.1 Å². The second-order valence-electron chi connectivity index (χ2n) is 5.61. The lowest BCUT2D eigenvalue weighted by molar-refractivity contribution is 0.798. The van der Waals surface area contributed by atoms with E-state index >= 15 is 0 Å². The van der Waals surface area contributed by atoms with Crippen molar-refractivity contribution in [3.8, 4) is 11.3 Å². The Bertz CT molecular complexity index is 858. The first-order valence-electron chi connectivity index (χ1n) is 7.29. The number of rotatable bonds is 2. The van der Waals surface area contributed by atoms with E-state index in [1.54, 1.807) is 4.57 Å². The fourth-order valence-corrected chi connectivity index (χ4v) is 3.03. The first kappa shape index (κ1) is 13.7. The maximum atomic E-state index is 11.9. The molecule has 3 heteroatoms. The molecule has 2 heterocycles. The Hall–Kier alpha value is -2.29. The summed E-state index contributed by atoms with van der Waals surface area (Å²) in [6, 6.07) is 10.6. The molecule has 1 aromatic carbocycles. The molecule has 0 aliphatic heterocycles. The zero-order valence-corrected chi connectivity index (χ0v) is 13.0. The molecule has 108 valence electrons. The van der Waals surface area contributed by atoms with Gasteiger partial charge in [-0.2, -0.15) is 0 Å². The summed E-state index contributed by atoms with van der Waals surface area (Å²) in [7, 11) is 1.81. The zero-order valence-electron chi connectivity index (χ0n) is 13.0. The maximum absolute atomic E-state index is 11.9. The molecule has 3 aromatic rings. The third-order valence-corrected chi connectivity index (χ3v) is 4.14. The van der Waals surface area contributed by atoms with Crippen LogP contribution in [0.15, 0.2) is 41.3 Å². The Morgan fingerprint density at radius 3 is 2.52 bits per heavy atom. The number of pyridine rings is 1. The van der Waals surface area contributed by atoms with E-state index in [2.05, 4.69) is 42.7 Å². The molecule has 0 saturated heterocycles. The molecule has 0 unspecified atom stereocenters. The van der Waals surface area contributed by atoms with Crippen molar-refractivity contribution in [2.75, 3.05) is 0 Å². The summed E-state index contributed by atoms with van der Waals surface area (Å²) in [4.78, 5) is 11.9. The summed E-state index contributed by atoms with van der Waals surface area (Å²) in [5, 5.41) is 1.28. The first-order chi connectivity index (χ1) is 10.0. The van der Waals surface area contributed by atoms with Crippen molar-refractivity contribution in [1.29, 1.82) is 0 Å². The molecule has 0 saturated carbocycles. The number of hydrogen-bond acceptors (Lipinski definition) is 1. The average molecular weight is 280 g/mol. The van der Waals surface area contributed by atoms with Crippen LogP contribution in [0.4, 0.5) is 0 Å². The Morgan fingerprint density at radius 1 is 1.10 bits per heavy atom. The molecule has 0 atom stereocenters. The van der Waals surface area contributed by atoms with E-state index < -0.39 is 0 Å². The highest BCUT2D eigenvalue weighted by molar-refractivity contribution is 5.89. The predicted molar refractivity (Wildman–Crippen MR) is 87.8 cm³/mol. The quantitative estimate of drug-likeness (QED) is 0.704. The Morgan fingerprint density at radius 2 is 1.86 bits per heavy atom. The molecule has 0 radical (unpaired) electrons. The highest BCUT2D eigenvalue weighted by Gasteiger charge is 2.12. The minimum absolute atomic E-state index is 0.0640. The third kappa shape index (κ3) is 2.09. The Labute approximate surface area is 124 Å². The molecule has 0 N–H and O–H groups in total. The van der Waals surface area contributed by atoms with Gasteiger partial charge in [0.1, 0.15) is 0 Å². The fraction of sp³-hybridized carbons (Fsp3) is 0.278. The molecule has 0 fully saturated rings. The first-order valence-corrected chi connectivity index (χ1v) is 7.29. The minimum Gasteiger partial charge on any atom is -0.341 e. The van der Waals surface area contributed by atoms with Gasteiger partial charge in [-0.05, 0) is 44.5 Å². The van der Waals surface area contributed by atoms with Crippen LogP contribution in [0.3, 0.4) is 0 Å². The number of aryl methyl sites for hydroxylation is 4. The lowest BCUT2D eigenvalue weighted by Crippen LogP contribution is -2.18. The maximum Gasteiger partial charge on any atom is 0.253 e. The molecular weight excluding hydrogens is 260 g/mol. The molecule has 3 rings (SSSR count). The second kappa shape index (κ2) is 4.92. The third-order valence-electron chi connectivity index (χ3n) is 4.14. The topological polar surface area (TPSA) is 26.9 Å². The number of fused-ring (bicyclic) bond motifs is 1. The zero-order chi connectivity index (χ0) is 15.1. The van der Waals surface area contributed by atoms with Gasteiger partial charge in [0, 0.05) is 41.8 Å². The molecule has 2 aromatic heterocycles. The molecule has 0 spiro atoms. The van der Waals surface area contributed by atoms with E-state index in [1.165, 1.54) is 22.2 Å².